The van der Waals surface area contributed by atoms with Crippen molar-refractivity contribution in [2.45, 2.75) is 6.42 Å². The molecule has 7 heteroatoms. The zero-order valence-corrected chi connectivity index (χ0v) is 14.9. The molecule has 26 heavy (non-hydrogen) atoms. The monoisotopic (exact) mass is 350 g/mol. The first-order chi connectivity index (χ1) is 12.7. The van der Waals surface area contributed by atoms with Crippen molar-refractivity contribution in [3.8, 4) is 5.75 Å². The van der Waals surface area contributed by atoms with Crippen molar-refractivity contribution in [2.24, 2.45) is 0 Å². The van der Waals surface area contributed by atoms with E-state index in [4.69, 9.17) is 4.74 Å². The van der Waals surface area contributed by atoms with Gasteiger partial charge in [-0.3, -0.25) is 0 Å². The fourth-order valence-corrected chi connectivity index (χ4v) is 3.23. The van der Waals surface area contributed by atoms with Crippen molar-refractivity contribution in [3.05, 3.63) is 60.6 Å². The van der Waals surface area contributed by atoms with Gasteiger partial charge in [0, 0.05) is 38.3 Å². The number of rotatable bonds is 5. The number of piperazine rings is 1. The number of fused-ring (bicyclic) bond motifs is 1. The molecular weight excluding hydrogens is 328 g/mol. The SMILES string of the molecule is C=C(Cc1ccc(OC)cc1)N1CCN(c2ccc3nncn3n2)CC1. The van der Waals surface area contributed by atoms with Crippen LogP contribution in [-0.4, -0.2) is 58.0 Å². The third-order valence-electron chi connectivity index (χ3n) is 4.77. The molecule has 0 saturated carbocycles. The Balaban J connectivity index is 1.35. The molecule has 3 heterocycles. The van der Waals surface area contributed by atoms with E-state index >= 15 is 0 Å². The molecule has 3 aromatic rings. The van der Waals surface area contributed by atoms with Crippen LogP contribution in [0.25, 0.3) is 5.65 Å². The topological polar surface area (TPSA) is 58.8 Å². The van der Waals surface area contributed by atoms with E-state index in [0.29, 0.717) is 0 Å². The fraction of sp³-hybridized carbons (Fsp3) is 0.316. The van der Waals surface area contributed by atoms with Gasteiger partial charge in [-0.2, -0.15) is 4.52 Å². The van der Waals surface area contributed by atoms with Gasteiger partial charge in [-0.25, -0.2) is 0 Å². The van der Waals surface area contributed by atoms with Gasteiger partial charge in [0.1, 0.15) is 17.9 Å². The molecule has 0 radical (unpaired) electrons. The molecule has 1 fully saturated rings. The van der Waals surface area contributed by atoms with Crippen molar-refractivity contribution in [3.63, 3.8) is 0 Å². The highest BCUT2D eigenvalue weighted by atomic mass is 16.5. The summed E-state index contributed by atoms with van der Waals surface area (Å²) in [5.74, 6) is 1.84. The predicted octanol–water partition coefficient (Wildman–Crippen LogP) is 2.01. The van der Waals surface area contributed by atoms with Crippen LogP contribution in [0.3, 0.4) is 0 Å². The lowest BCUT2D eigenvalue weighted by Crippen LogP contribution is -2.46. The standard InChI is InChI=1S/C19H22N6O/c1-15(13-16-3-5-17(26-2)6-4-16)23-9-11-24(12-10-23)19-8-7-18-21-20-14-25(18)22-19/h3-8,14H,1,9-13H2,2H3. The molecule has 0 spiro atoms. The first-order valence-corrected chi connectivity index (χ1v) is 8.70. The summed E-state index contributed by atoms with van der Waals surface area (Å²) in [4.78, 5) is 4.65. The average Bonchev–Trinajstić information content (AvgIpc) is 3.16. The summed E-state index contributed by atoms with van der Waals surface area (Å²) in [6.45, 7) is 8.01. The summed E-state index contributed by atoms with van der Waals surface area (Å²) >= 11 is 0. The summed E-state index contributed by atoms with van der Waals surface area (Å²) in [5.41, 5.74) is 3.16. The zero-order valence-electron chi connectivity index (χ0n) is 14.9. The van der Waals surface area contributed by atoms with Gasteiger partial charge in [0.05, 0.1) is 7.11 Å². The Morgan fingerprint density at radius 2 is 1.85 bits per heavy atom. The van der Waals surface area contributed by atoms with Crippen LogP contribution >= 0.6 is 0 Å². The van der Waals surface area contributed by atoms with Crippen LogP contribution in [0.5, 0.6) is 5.75 Å². The molecule has 0 N–H and O–H groups in total. The molecule has 4 rings (SSSR count). The second-order valence-electron chi connectivity index (χ2n) is 6.39. The van der Waals surface area contributed by atoms with E-state index in [1.807, 2.05) is 24.3 Å². The van der Waals surface area contributed by atoms with Gasteiger partial charge in [-0.05, 0) is 29.8 Å². The Labute approximate surface area is 152 Å². The molecule has 0 atom stereocenters. The minimum absolute atomic E-state index is 0.764. The minimum Gasteiger partial charge on any atom is -0.497 e. The third-order valence-corrected chi connectivity index (χ3v) is 4.77. The molecule has 1 aliphatic rings. The Kier molecular flexibility index (Phi) is 4.43. The van der Waals surface area contributed by atoms with E-state index in [0.717, 1.165) is 55.5 Å². The Morgan fingerprint density at radius 1 is 1.08 bits per heavy atom. The lowest BCUT2D eigenvalue weighted by Gasteiger charge is -2.37. The second kappa shape index (κ2) is 7.03. The van der Waals surface area contributed by atoms with Gasteiger partial charge in [-0.15, -0.1) is 15.3 Å². The van der Waals surface area contributed by atoms with E-state index in [-0.39, 0.29) is 0 Å². The molecular formula is C19H22N6O. The number of hydrogen-bond donors (Lipinski definition) is 0. The molecule has 0 bridgehead atoms. The molecule has 7 nitrogen and oxygen atoms in total. The van der Waals surface area contributed by atoms with Crippen LogP contribution in [0, 0.1) is 0 Å². The number of hydrogen-bond acceptors (Lipinski definition) is 6. The maximum Gasteiger partial charge on any atom is 0.177 e. The molecule has 2 aromatic heterocycles. The highest BCUT2D eigenvalue weighted by molar-refractivity contribution is 5.45. The lowest BCUT2D eigenvalue weighted by atomic mass is 10.1. The second-order valence-corrected chi connectivity index (χ2v) is 6.39. The number of allylic oxidation sites excluding steroid dienone is 1. The molecule has 1 aliphatic heterocycles. The molecule has 1 aromatic carbocycles. The summed E-state index contributed by atoms with van der Waals surface area (Å²) < 4.78 is 6.92. The smallest absolute Gasteiger partial charge is 0.177 e. The van der Waals surface area contributed by atoms with Crippen molar-refractivity contribution in [1.82, 2.24) is 24.7 Å². The highest BCUT2D eigenvalue weighted by Gasteiger charge is 2.19. The molecule has 134 valence electrons. The number of aromatic nitrogens is 4. The predicted molar refractivity (Wildman–Crippen MR) is 100 cm³/mol. The number of benzene rings is 1. The van der Waals surface area contributed by atoms with E-state index < -0.39 is 0 Å². The Bertz CT molecular complexity index is 896. The van der Waals surface area contributed by atoms with Crippen LogP contribution in [0.1, 0.15) is 5.56 Å². The molecule has 0 unspecified atom stereocenters. The maximum atomic E-state index is 5.21. The lowest BCUT2D eigenvalue weighted by molar-refractivity contribution is 0.315. The van der Waals surface area contributed by atoms with Crippen molar-refractivity contribution < 1.29 is 4.74 Å². The van der Waals surface area contributed by atoms with Crippen LogP contribution < -0.4 is 9.64 Å². The number of nitrogens with zero attached hydrogens (tertiary/aromatic N) is 6. The van der Waals surface area contributed by atoms with Crippen LogP contribution in [0.15, 0.2) is 55.0 Å². The fourth-order valence-electron chi connectivity index (χ4n) is 3.23. The molecule has 0 amide bonds. The maximum absolute atomic E-state index is 5.21. The molecule has 1 saturated heterocycles. The number of anilines is 1. The van der Waals surface area contributed by atoms with Gasteiger partial charge in [-0.1, -0.05) is 18.7 Å². The highest BCUT2D eigenvalue weighted by Crippen LogP contribution is 2.19. The largest absolute Gasteiger partial charge is 0.497 e. The quantitative estimate of drug-likeness (QED) is 0.702. The van der Waals surface area contributed by atoms with Gasteiger partial charge < -0.3 is 14.5 Å². The first-order valence-electron chi connectivity index (χ1n) is 8.70. The van der Waals surface area contributed by atoms with Crippen molar-refractivity contribution >= 4 is 11.5 Å². The van der Waals surface area contributed by atoms with Gasteiger partial charge in [0.25, 0.3) is 0 Å². The normalized spacial score (nSPS) is 14.7. The Hall–Kier alpha value is -3.09. The van der Waals surface area contributed by atoms with Crippen LogP contribution in [-0.2, 0) is 6.42 Å². The van der Waals surface area contributed by atoms with Crippen molar-refractivity contribution in [1.29, 1.82) is 0 Å². The molecule has 0 aliphatic carbocycles. The first kappa shape index (κ1) is 16.4. The zero-order chi connectivity index (χ0) is 17.9. The van der Waals surface area contributed by atoms with Crippen molar-refractivity contribution in [2.75, 3.05) is 38.2 Å². The average molecular weight is 350 g/mol. The summed E-state index contributed by atoms with van der Waals surface area (Å²) in [7, 11) is 1.68. The van der Waals surface area contributed by atoms with E-state index in [1.165, 1.54) is 5.56 Å². The van der Waals surface area contributed by atoms with Gasteiger partial charge >= 0.3 is 0 Å². The summed E-state index contributed by atoms with van der Waals surface area (Å²) in [5, 5.41) is 12.5. The van der Waals surface area contributed by atoms with E-state index in [1.54, 1.807) is 18.0 Å². The van der Waals surface area contributed by atoms with E-state index in [2.05, 4.69) is 43.8 Å². The van der Waals surface area contributed by atoms with Crippen LogP contribution in [0.4, 0.5) is 5.82 Å². The Morgan fingerprint density at radius 3 is 2.58 bits per heavy atom. The summed E-state index contributed by atoms with van der Waals surface area (Å²) in [6.07, 6.45) is 2.49. The number of ether oxygens (including phenoxy) is 1. The van der Waals surface area contributed by atoms with Gasteiger partial charge in [0.15, 0.2) is 5.65 Å². The van der Waals surface area contributed by atoms with E-state index in [9.17, 15) is 0 Å². The van der Waals surface area contributed by atoms with Crippen LogP contribution in [0.2, 0.25) is 0 Å². The van der Waals surface area contributed by atoms with Gasteiger partial charge in [0.2, 0.25) is 0 Å². The third kappa shape index (κ3) is 3.33. The summed E-state index contributed by atoms with van der Waals surface area (Å²) in [6, 6.07) is 12.1. The number of methoxy groups -OCH3 is 1. The minimum atomic E-state index is 0.764.